The molecule has 18 heavy (non-hydrogen) atoms. The van der Waals surface area contributed by atoms with Crippen LogP contribution in [0.2, 0.25) is 0 Å². The standard InChI is InChI=1S/C17H26O/c1-17(2,3)15-10-14(11-16(18)12-15)9-13-7-5-4-6-8-13/h10-13,18H,4-9H2,1-3H3. The molecule has 1 fully saturated rings. The smallest absolute Gasteiger partial charge is 0.116 e. The molecule has 0 saturated heterocycles. The van der Waals surface area contributed by atoms with Crippen LogP contribution in [0.25, 0.3) is 0 Å². The Morgan fingerprint density at radius 2 is 1.72 bits per heavy atom. The summed E-state index contributed by atoms with van der Waals surface area (Å²) in [6.45, 7) is 6.60. The number of phenols is 1. The average molecular weight is 246 g/mol. The molecule has 1 aliphatic rings. The fourth-order valence-electron chi connectivity index (χ4n) is 2.95. The molecule has 0 amide bonds. The van der Waals surface area contributed by atoms with Crippen molar-refractivity contribution in [1.82, 2.24) is 0 Å². The Labute approximate surface area is 111 Å². The van der Waals surface area contributed by atoms with E-state index in [1.54, 1.807) is 0 Å². The third-order valence-corrected chi connectivity index (χ3v) is 4.09. The Morgan fingerprint density at radius 3 is 2.33 bits per heavy atom. The molecule has 0 heterocycles. The van der Waals surface area contributed by atoms with Gasteiger partial charge in [-0.25, -0.2) is 0 Å². The quantitative estimate of drug-likeness (QED) is 0.793. The van der Waals surface area contributed by atoms with E-state index in [9.17, 15) is 5.11 Å². The van der Waals surface area contributed by atoms with Crippen molar-refractivity contribution in [3.8, 4) is 5.75 Å². The number of phenolic OH excluding ortho intramolecular Hbond substituents is 1. The van der Waals surface area contributed by atoms with Gasteiger partial charge in [-0.3, -0.25) is 0 Å². The molecule has 1 aliphatic carbocycles. The first-order valence-electron chi connectivity index (χ1n) is 7.28. The normalized spacial score (nSPS) is 17.9. The Balaban J connectivity index is 2.14. The maximum Gasteiger partial charge on any atom is 0.116 e. The van der Waals surface area contributed by atoms with Crippen molar-refractivity contribution in [3.05, 3.63) is 29.3 Å². The molecule has 1 saturated carbocycles. The van der Waals surface area contributed by atoms with E-state index in [-0.39, 0.29) is 5.41 Å². The Morgan fingerprint density at radius 1 is 1.06 bits per heavy atom. The second kappa shape index (κ2) is 5.34. The topological polar surface area (TPSA) is 20.2 Å². The molecule has 1 heteroatoms. The predicted molar refractivity (Wildman–Crippen MR) is 77.1 cm³/mol. The highest BCUT2D eigenvalue weighted by Crippen LogP contribution is 2.31. The summed E-state index contributed by atoms with van der Waals surface area (Å²) in [6, 6.07) is 6.14. The maximum atomic E-state index is 9.89. The molecule has 0 bridgehead atoms. The van der Waals surface area contributed by atoms with E-state index in [2.05, 4.69) is 26.8 Å². The molecule has 0 atom stereocenters. The van der Waals surface area contributed by atoms with Gasteiger partial charge in [0.05, 0.1) is 0 Å². The van der Waals surface area contributed by atoms with Crippen LogP contribution in [-0.2, 0) is 11.8 Å². The van der Waals surface area contributed by atoms with E-state index in [4.69, 9.17) is 0 Å². The lowest BCUT2D eigenvalue weighted by molar-refractivity contribution is 0.356. The summed E-state index contributed by atoms with van der Waals surface area (Å²) in [5, 5.41) is 9.89. The molecule has 2 rings (SSSR count). The summed E-state index contributed by atoms with van der Waals surface area (Å²) in [5.41, 5.74) is 2.67. The van der Waals surface area contributed by atoms with Crippen LogP contribution in [0.15, 0.2) is 18.2 Å². The summed E-state index contributed by atoms with van der Waals surface area (Å²) in [6.07, 6.45) is 8.04. The summed E-state index contributed by atoms with van der Waals surface area (Å²) >= 11 is 0. The van der Waals surface area contributed by atoms with Crippen LogP contribution >= 0.6 is 0 Å². The van der Waals surface area contributed by atoms with E-state index < -0.39 is 0 Å². The van der Waals surface area contributed by atoms with Gasteiger partial charge in [0, 0.05) is 0 Å². The van der Waals surface area contributed by atoms with Crippen LogP contribution < -0.4 is 0 Å². The van der Waals surface area contributed by atoms with Crippen molar-refractivity contribution < 1.29 is 5.11 Å². The van der Waals surface area contributed by atoms with Crippen molar-refractivity contribution in [1.29, 1.82) is 0 Å². The van der Waals surface area contributed by atoms with Crippen molar-refractivity contribution >= 4 is 0 Å². The fourth-order valence-corrected chi connectivity index (χ4v) is 2.95. The first-order valence-corrected chi connectivity index (χ1v) is 7.28. The van der Waals surface area contributed by atoms with E-state index >= 15 is 0 Å². The molecule has 1 aromatic carbocycles. The molecule has 0 spiro atoms. The van der Waals surface area contributed by atoms with E-state index in [0.717, 1.165) is 12.3 Å². The summed E-state index contributed by atoms with van der Waals surface area (Å²) < 4.78 is 0. The van der Waals surface area contributed by atoms with E-state index in [1.165, 1.54) is 43.2 Å². The molecule has 1 nitrogen and oxygen atoms in total. The average Bonchev–Trinajstić information content (AvgIpc) is 2.28. The largest absolute Gasteiger partial charge is 0.508 e. The van der Waals surface area contributed by atoms with Crippen molar-refractivity contribution in [2.45, 2.75) is 64.7 Å². The van der Waals surface area contributed by atoms with Gasteiger partial charge in [0.15, 0.2) is 0 Å². The first-order chi connectivity index (χ1) is 8.45. The summed E-state index contributed by atoms with van der Waals surface area (Å²) in [4.78, 5) is 0. The van der Waals surface area contributed by atoms with Crippen LogP contribution in [0.4, 0.5) is 0 Å². The van der Waals surface area contributed by atoms with Gasteiger partial charge in [0.1, 0.15) is 5.75 Å². The van der Waals surface area contributed by atoms with Crippen molar-refractivity contribution in [3.63, 3.8) is 0 Å². The number of rotatable bonds is 2. The van der Waals surface area contributed by atoms with Gasteiger partial charge >= 0.3 is 0 Å². The fraction of sp³-hybridized carbons (Fsp3) is 0.647. The van der Waals surface area contributed by atoms with Gasteiger partial charge in [-0.15, -0.1) is 0 Å². The van der Waals surface area contributed by atoms with Gasteiger partial charge in [-0.05, 0) is 41.0 Å². The molecule has 0 aliphatic heterocycles. The Bertz CT molecular complexity index is 395. The highest BCUT2D eigenvalue weighted by Gasteiger charge is 2.18. The minimum absolute atomic E-state index is 0.111. The Hall–Kier alpha value is -0.980. The highest BCUT2D eigenvalue weighted by atomic mass is 16.3. The lowest BCUT2D eigenvalue weighted by Gasteiger charge is -2.24. The zero-order valence-corrected chi connectivity index (χ0v) is 12.0. The zero-order valence-electron chi connectivity index (χ0n) is 12.0. The molecule has 1 N–H and O–H groups in total. The second-order valence-corrected chi connectivity index (χ2v) is 6.85. The summed E-state index contributed by atoms with van der Waals surface area (Å²) in [7, 11) is 0. The number of hydrogen-bond acceptors (Lipinski definition) is 1. The lowest BCUT2D eigenvalue weighted by Crippen LogP contribution is -2.13. The molecule has 100 valence electrons. The molecule has 0 radical (unpaired) electrons. The zero-order chi connectivity index (χ0) is 13.2. The molecular weight excluding hydrogens is 220 g/mol. The van der Waals surface area contributed by atoms with Crippen LogP contribution in [0, 0.1) is 5.92 Å². The summed E-state index contributed by atoms with van der Waals surface area (Å²) in [5.74, 6) is 1.25. The monoisotopic (exact) mass is 246 g/mol. The van der Waals surface area contributed by atoms with E-state index in [0.29, 0.717) is 5.75 Å². The van der Waals surface area contributed by atoms with Crippen molar-refractivity contribution in [2.24, 2.45) is 5.92 Å². The van der Waals surface area contributed by atoms with Crippen LogP contribution in [0.5, 0.6) is 5.75 Å². The Kier molecular flexibility index (Phi) is 3.99. The van der Waals surface area contributed by atoms with Crippen LogP contribution in [-0.4, -0.2) is 5.11 Å². The van der Waals surface area contributed by atoms with Gasteiger partial charge < -0.3 is 5.11 Å². The molecule has 1 aromatic rings. The second-order valence-electron chi connectivity index (χ2n) is 6.85. The number of aromatic hydroxyl groups is 1. The maximum absolute atomic E-state index is 9.89. The van der Waals surface area contributed by atoms with Crippen molar-refractivity contribution in [2.75, 3.05) is 0 Å². The van der Waals surface area contributed by atoms with Gasteiger partial charge in [0.2, 0.25) is 0 Å². The predicted octanol–water partition coefficient (Wildman–Crippen LogP) is 4.81. The third-order valence-electron chi connectivity index (χ3n) is 4.09. The third kappa shape index (κ3) is 3.51. The van der Waals surface area contributed by atoms with Gasteiger partial charge in [0.25, 0.3) is 0 Å². The van der Waals surface area contributed by atoms with Crippen LogP contribution in [0.3, 0.4) is 0 Å². The van der Waals surface area contributed by atoms with Gasteiger partial charge in [-0.1, -0.05) is 58.9 Å². The minimum Gasteiger partial charge on any atom is -0.508 e. The molecule has 0 unspecified atom stereocenters. The van der Waals surface area contributed by atoms with E-state index in [1.807, 2.05) is 12.1 Å². The lowest BCUT2D eigenvalue weighted by atomic mass is 9.82. The minimum atomic E-state index is 0.111. The highest BCUT2D eigenvalue weighted by molar-refractivity contribution is 5.37. The van der Waals surface area contributed by atoms with Gasteiger partial charge in [-0.2, -0.15) is 0 Å². The number of benzene rings is 1. The van der Waals surface area contributed by atoms with Crippen LogP contribution in [0.1, 0.15) is 64.0 Å². The first kappa shape index (κ1) is 13.5. The number of hydrogen-bond donors (Lipinski definition) is 1. The molecule has 0 aromatic heterocycles. The molecular formula is C17H26O. The SMILES string of the molecule is CC(C)(C)c1cc(O)cc(CC2CCCCC2)c1.